The van der Waals surface area contributed by atoms with Crippen molar-refractivity contribution in [1.82, 2.24) is 14.9 Å². The molecule has 0 aliphatic carbocycles. The summed E-state index contributed by atoms with van der Waals surface area (Å²) in [6.07, 6.45) is -0.842. The van der Waals surface area contributed by atoms with Crippen molar-refractivity contribution in [3.05, 3.63) is 48.5 Å². The van der Waals surface area contributed by atoms with Gasteiger partial charge in [-0.3, -0.25) is 0 Å². The number of imidazole rings is 1. The van der Waals surface area contributed by atoms with Crippen LogP contribution in [0.15, 0.2) is 48.5 Å². The summed E-state index contributed by atoms with van der Waals surface area (Å²) in [4.78, 5) is 22.7. The summed E-state index contributed by atoms with van der Waals surface area (Å²) in [6.45, 7) is 2.47. The van der Waals surface area contributed by atoms with Crippen LogP contribution in [0.4, 0.5) is 10.5 Å². The first-order valence-electron chi connectivity index (χ1n) is 7.99. The molecular weight excluding hydrogens is 304 g/mol. The molecule has 1 aliphatic rings. The number of carboxylic acid groups (broad SMARTS) is 1. The minimum atomic E-state index is -0.842. The molecule has 3 aromatic rings. The van der Waals surface area contributed by atoms with Crippen molar-refractivity contribution in [2.45, 2.75) is 0 Å². The zero-order chi connectivity index (χ0) is 16.5. The standard InChI is InChI=1S/C18H18N4O2/c23-18(24)22-10-8-21(9-11-22)14-5-3-4-13(12-14)17-19-15-6-1-2-7-16(15)20-17/h1-7,12H,8-11H2,(H,19,20)(H,23,24). The SMILES string of the molecule is O=C(O)N1CCN(c2cccc(-c3nc4ccccc4[nH]3)c2)CC1. The molecule has 0 atom stereocenters. The van der Waals surface area contributed by atoms with Gasteiger partial charge in [0.05, 0.1) is 11.0 Å². The number of nitrogens with one attached hydrogen (secondary N) is 1. The van der Waals surface area contributed by atoms with Gasteiger partial charge in [-0.2, -0.15) is 0 Å². The van der Waals surface area contributed by atoms with Crippen LogP contribution in [0.1, 0.15) is 0 Å². The number of hydrogen-bond acceptors (Lipinski definition) is 3. The van der Waals surface area contributed by atoms with Crippen molar-refractivity contribution in [2.24, 2.45) is 0 Å². The molecule has 1 aliphatic heterocycles. The van der Waals surface area contributed by atoms with E-state index in [4.69, 9.17) is 5.11 Å². The number of H-pyrrole nitrogens is 1. The molecule has 2 heterocycles. The number of amides is 1. The molecule has 0 unspecified atom stereocenters. The van der Waals surface area contributed by atoms with E-state index >= 15 is 0 Å². The fraction of sp³-hybridized carbons (Fsp3) is 0.222. The molecule has 4 rings (SSSR count). The Bertz CT molecular complexity index is 848. The van der Waals surface area contributed by atoms with Crippen LogP contribution in [0.2, 0.25) is 0 Å². The van der Waals surface area contributed by atoms with E-state index in [1.165, 1.54) is 4.90 Å². The Kier molecular flexibility index (Phi) is 3.57. The molecule has 1 aromatic heterocycles. The molecule has 0 spiro atoms. The number of carbonyl (C=O) groups is 1. The number of anilines is 1. The predicted molar refractivity (Wildman–Crippen MR) is 93.3 cm³/mol. The number of rotatable bonds is 2. The molecular formula is C18H18N4O2. The molecule has 0 radical (unpaired) electrons. The van der Waals surface area contributed by atoms with E-state index < -0.39 is 6.09 Å². The van der Waals surface area contributed by atoms with Gasteiger partial charge in [-0.25, -0.2) is 9.78 Å². The largest absolute Gasteiger partial charge is 0.465 e. The van der Waals surface area contributed by atoms with Crippen molar-refractivity contribution in [3.8, 4) is 11.4 Å². The zero-order valence-electron chi connectivity index (χ0n) is 13.1. The van der Waals surface area contributed by atoms with Crippen LogP contribution in [-0.4, -0.2) is 52.2 Å². The third kappa shape index (κ3) is 2.67. The monoisotopic (exact) mass is 322 g/mol. The molecule has 0 bridgehead atoms. The Hall–Kier alpha value is -3.02. The van der Waals surface area contributed by atoms with Gasteiger partial charge < -0.3 is 19.9 Å². The first-order chi connectivity index (χ1) is 11.7. The number of piperazine rings is 1. The van der Waals surface area contributed by atoms with Crippen LogP contribution in [0.5, 0.6) is 0 Å². The molecule has 1 amide bonds. The number of benzene rings is 2. The number of aromatic amines is 1. The summed E-state index contributed by atoms with van der Waals surface area (Å²) in [5.41, 5.74) is 4.10. The summed E-state index contributed by atoms with van der Waals surface area (Å²) in [7, 11) is 0. The van der Waals surface area contributed by atoms with Crippen LogP contribution in [-0.2, 0) is 0 Å². The van der Waals surface area contributed by atoms with Gasteiger partial charge in [0.25, 0.3) is 0 Å². The lowest BCUT2D eigenvalue weighted by Gasteiger charge is -2.34. The Morgan fingerprint density at radius 1 is 1.04 bits per heavy atom. The second kappa shape index (κ2) is 5.88. The predicted octanol–water partition coefficient (Wildman–Crippen LogP) is 3.03. The highest BCUT2D eigenvalue weighted by Gasteiger charge is 2.20. The van der Waals surface area contributed by atoms with E-state index in [-0.39, 0.29) is 0 Å². The van der Waals surface area contributed by atoms with Gasteiger partial charge in [0.2, 0.25) is 0 Å². The fourth-order valence-electron chi connectivity index (χ4n) is 3.10. The first-order valence-corrected chi connectivity index (χ1v) is 7.99. The van der Waals surface area contributed by atoms with E-state index in [0.717, 1.165) is 28.1 Å². The Morgan fingerprint density at radius 3 is 2.58 bits per heavy atom. The van der Waals surface area contributed by atoms with Crippen molar-refractivity contribution in [2.75, 3.05) is 31.1 Å². The molecule has 6 nitrogen and oxygen atoms in total. The summed E-state index contributed by atoms with van der Waals surface area (Å²) < 4.78 is 0. The first kappa shape index (κ1) is 14.6. The Balaban J connectivity index is 1.59. The lowest BCUT2D eigenvalue weighted by atomic mass is 10.1. The second-order valence-electron chi connectivity index (χ2n) is 5.91. The van der Waals surface area contributed by atoms with Crippen LogP contribution in [0.3, 0.4) is 0 Å². The van der Waals surface area contributed by atoms with Gasteiger partial charge in [-0.1, -0.05) is 24.3 Å². The third-order valence-corrected chi connectivity index (χ3v) is 4.42. The average molecular weight is 322 g/mol. The maximum Gasteiger partial charge on any atom is 0.407 e. The lowest BCUT2D eigenvalue weighted by molar-refractivity contribution is 0.142. The third-order valence-electron chi connectivity index (χ3n) is 4.42. The highest BCUT2D eigenvalue weighted by atomic mass is 16.4. The van der Waals surface area contributed by atoms with E-state index in [1.54, 1.807) is 0 Å². The van der Waals surface area contributed by atoms with E-state index in [1.807, 2.05) is 36.4 Å². The average Bonchev–Trinajstić information content (AvgIpc) is 3.06. The summed E-state index contributed by atoms with van der Waals surface area (Å²) in [5.74, 6) is 0.849. The van der Waals surface area contributed by atoms with Crippen molar-refractivity contribution in [1.29, 1.82) is 0 Å². The van der Waals surface area contributed by atoms with Gasteiger partial charge in [0.1, 0.15) is 5.82 Å². The van der Waals surface area contributed by atoms with Gasteiger partial charge in [-0.05, 0) is 24.3 Å². The van der Waals surface area contributed by atoms with E-state index in [2.05, 4.69) is 27.0 Å². The highest BCUT2D eigenvalue weighted by Crippen LogP contribution is 2.25. The highest BCUT2D eigenvalue weighted by molar-refractivity contribution is 5.79. The Labute approximate surface area is 139 Å². The molecule has 24 heavy (non-hydrogen) atoms. The molecule has 2 aromatic carbocycles. The van der Waals surface area contributed by atoms with Crippen molar-refractivity contribution >= 4 is 22.8 Å². The van der Waals surface area contributed by atoms with Crippen LogP contribution in [0, 0.1) is 0 Å². The van der Waals surface area contributed by atoms with Gasteiger partial charge in [0, 0.05) is 37.4 Å². The number of aromatic nitrogens is 2. The Morgan fingerprint density at radius 2 is 1.83 bits per heavy atom. The molecule has 1 fully saturated rings. The number of para-hydroxylation sites is 2. The summed E-state index contributed by atoms with van der Waals surface area (Å²) in [5, 5.41) is 9.05. The summed E-state index contributed by atoms with van der Waals surface area (Å²) >= 11 is 0. The van der Waals surface area contributed by atoms with Crippen LogP contribution in [0.25, 0.3) is 22.4 Å². The fourth-order valence-corrected chi connectivity index (χ4v) is 3.10. The quantitative estimate of drug-likeness (QED) is 0.761. The normalized spacial score (nSPS) is 15.0. The van der Waals surface area contributed by atoms with Gasteiger partial charge in [0.15, 0.2) is 0 Å². The van der Waals surface area contributed by atoms with E-state index in [0.29, 0.717) is 26.2 Å². The van der Waals surface area contributed by atoms with E-state index in [9.17, 15) is 4.79 Å². The number of hydrogen-bond donors (Lipinski definition) is 2. The maximum atomic E-state index is 11.0. The lowest BCUT2D eigenvalue weighted by Crippen LogP contribution is -2.48. The molecule has 2 N–H and O–H groups in total. The van der Waals surface area contributed by atoms with Crippen LogP contribution < -0.4 is 4.90 Å². The van der Waals surface area contributed by atoms with Gasteiger partial charge >= 0.3 is 6.09 Å². The zero-order valence-corrected chi connectivity index (χ0v) is 13.1. The minimum absolute atomic E-state index is 0.532. The van der Waals surface area contributed by atoms with Crippen molar-refractivity contribution in [3.63, 3.8) is 0 Å². The smallest absolute Gasteiger partial charge is 0.407 e. The number of fused-ring (bicyclic) bond motifs is 1. The molecule has 122 valence electrons. The topological polar surface area (TPSA) is 72.5 Å². The second-order valence-corrected chi connectivity index (χ2v) is 5.91. The molecule has 1 saturated heterocycles. The maximum absolute atomic E-state index is 11.0. The van der Waals surface area contributed by atoms with Crippen molar-refractivity contribution < 1.29 is 9.90 Å². The molecule has 0 saturated carbocycles. The minimum Gasteiger partial charge on any atom is -0.465 e. The van der Waals surface area contributed by atoms with Crippen LogP contribution >= 0.6 is 0 Å². The van der Waals surface area contributed by atoms with Gasteiger partial charge in [-0.15, -0.1) is 0 Å². The molecule has 6 heteroatoms. The summed E-state index contributed by atoms with van der Waals surface area (Å²) in [6, 6.07) is 16.2. The number of nitrogens with zero attached hydrogens (tertiary/aromatic N) is 3.